The number of benzene rings is 2. The topological polar surface area (TPSA) is 88.4 Å². The van der Waals surface area contributed by atoms with E-state index in [1.165, 1.54) is 18.2 Å². The maximum Gasteiger partial charge on any atom is 0.387 e. The van der Waals surface area contributed by atoms with Gasteiger partial charge in [0.15, 0.2) is 11.5 Å². The molecule has 2 aliphatic rings. The molecule has 1 aliphatic heterocycles. The number of amides is 2. The van der Waals surface area contributed by atoms with Crippen LogP contribution in [0.5, 0.6) is 17.2 Å². The van der Waals surface area contributed by atoms with Crippen molar-refractivity contribution >= 4 is 22.9 Å². The molecule has 2 amide bonds. The fourth-order valence-corrected chi connectivity index (χ4v) is 4.82. The average Bonchev–Trinajstić information content (AvgIpc) is 3.06. The summed E-state index contributed by atoms with van der Waals surface area (Å²) in [5.41, 5.74) is 2.15. The Bertz CT molecular complexity index is 1050. The number of hydrogen-bond donors (Lipinski definition) is 1. The van der Waals surface area contributed by atoms with Gasteiger partial charge < -0.3 is 9.47 Å². The van der Waals surface area contributed by atoms with E-state index in [0.29, 0.717) is 5.75 Å². The van der Waals surface area contributed by atoms with Crippen molar-refractivity contribution in [3.05, 3.63) is 53.1 Å². The summed E-state index contributed by atoms with van der Waals surface area (Å²) < 4.78 is 35.7. The van der Waals surface area contributed by atoms with Crippen molar-refractivity contribution < 1.29 is 27.8 Å². The highest BCUT2D eigenvalue weighted by Crippen LogP contribution is 2.43. The number of rotatable bonds is 5. The summed E-state index contributed by atoms with van der Waals surface area (Å²) in [6, 6.07) is 11.3. The van der Waals surface area contributed by atoms with Gasteiger partial charge in [-0.05, 0) is 54.7 Å². The molecule has 1 aliphatic carbocycles. The molecule has 1 unspecified atom stereocenters. The lowest BCUT2D eigenvalue weighted by Crippen LogP contribution is -2.30. The number of halogens is 2. The van der Waals surface area contributed by atoms with Gasteiger partial charge in [-0.3, -0.25) is 14.9 Å². The van der Waals surface area contributed by atoms with Crippen LogP contribution >= 0.6 is 11.8 Å². The van der Waals surface area contributed by atoms with Crippen molar-refractivity contribution in [1.82, 2.24) is 5.32 Å². The lowest BCUT2D eigenvalue weighted by atomic mass is 9.80. The number of carbonyl (C=O) groups is 2. The number of fused-ring (bicyclic) bond motifs is 1. The number of ether oxygens (including phenoxy) is 2. The van der Waals surface area contributed by atoms with Gasteiger partial charge >= 0.3 is 6.61 Å². The molecule has 9 heteroatoms. The smallest absolute Gasteiger partial charge is 0.387 e. The molecule has 2 atom stereocenters. The normalized spacial score (nSPS) is 20.5. The van der Waals surface area contributed by atoms with E-state index in [1.54, 1.807) is 6.07 Å². The zero-order chi connectivity index (χ0) is 21.3. The van der Waals surface area contributed by atoms with E-state index in [-0.39, 0.29) is 34.1 Å². The van der Waals surface area contributed by atoms with Gasteiger partial charge in [-0.25, -0.2) is 0 Å². The van der Waals surface area contributed by atoms with Crippen LogP contribution in [0.15, 0.2) is 36.4 Å². The van der Waals surface area contributed by atoms with E-state index in [2.05, 4.69) is 10.1 Å². The lowest BCUT2D eigenvalue weighted by Gasteiger charge is -2.28. The van der Waals surface area contributed by atoms with Crippen LogP contribution in [-0.4, -0.2) is 23.0 Å². The van der Waals surface area contributed by atoms with Crippen molar-refractivity contribution in [3.8, 4) is 23.3 Å². The Balaban J connectivity index is 1.60. The van der Waals surface area contributed by atoms with E-state index >= 15 is 0 Å². The van der Waals surface area contributed by atoms with Crippen molar-refractivity contribution in [2.24, 2.45) is 0 Å². The zero-order valence-electron chi connectivity index (χ0n) is 15.6. The number of hydrogen-bond acceptors (Lipinski definition) is 6. The van der Waals surface area contributed by atoms with Crippen LogP contribution in [0, 0.1) is 11.3 Å². The number of nitrogens with one attached hydrogen (secondary N) is 1. The van der Waals surface area contributed by atoms with Gasteiger partial charge in [-0.15, -0.1) is 0 Å². The number of aryl methyl sites for hydroxylation is 1. The molecule has 1 fully saturated rings. The summed E-state index contributed by atoms with van der Waals surface area (Å²) in [5, 5.41) is 10.5. The molecular weight excluding hydrogens is 414 g/mol. The maximum atomic E-state index is 12.7. The molecule has 1 heterocycles. The Labute approximate surface area is 175 Å². The van der Waals surface area contributed by atoms with Gasteiger partial charge in [0.1, 0.15) is 11.0 Å². The molecule has 0 saturated carbocycles. The number of nitrogens with zero attached hydrogens (tertiary/aromatic N) is 1. The minimum Gasteiger partial charge on any atom is -0.453 e. The molecule has 154 valence electrons. The highest BCUT2D eigenvalue weighted by atomic mass is 32.2. The number of nitriles is 1. The average molecular weight is 430 g/mol. The van der Waals surface area contributed by atoms with Crippen molar-refractivity contribution in [3.63, 3.8) is 0 Å². The Morgan fingerprint density at radius 1 is 1.17 bits per heavy atom. The van der Waals surface area contributed by atoms with Crippen LogP contribution in [0.3, 0.4) is 0 Å². The summed E-state index contributed by atoms with van der Waals surface area (Å²) in [7, 11) is 0. The summed E-state index contributed by atoms with van der Waals surface area (Å²) >= 11 is 1.02. The lowest BCUT2D eigenvalue weighted by molar-refractivity contribution is -0.119. The molecule has 0 aromatic heterocycles. The van der Waals surface area contributed by atoms with Crippen LogP contribution in [0.2, 0.25) is 0 Å². The minimum atomic E-state index is -3.05. The molecule has 0 bridgehead atoms. The molecule has 30 heavy (non-hydrogen) atoms. The first-order valence-corrected chi connectivity index (χ1v) is 10.1. The van der Waals surface area contributed by atoms with Crippen molar-refractivity contribution in [2.75, 3.05) is 0 Å². The second-order valence-corrected chi connectivity index (χ2v) is 8.04. The number of alkyl halides is 2. The van der Waals surface area contributed by atoms with Gasteiger partial charge in [0.05, 0.1) is 11.6 Å². The molecule has 0 radical (unpaired) electrons. The summed E-state index contributed by atoms with van der Waals surface area (Å²) in [4.78, 5) is 23.7. The minimum absolute atomic E-state index is 0.0675. The molecule has 6 nitrogen and oxygen atoms in total. The SMILES string of the molecule is N#Cc1ccc(Oc2ccc3c(c2)CCC[C@H]3C2SC(=O)NC2=O)c(OC(F)F)c1. The zero-order valence-corrected chi connectivity index (χ0v) is 16.4. The molecule has 2 aromatic rings. The van der Waals surface area contributed by atoms with E-state index < -0.39 is 11.9 Å². The van der Waals surface area contributed by atoms with Crippen LogP contribution in [0.25, 0.3) is 0 Å². The van der Waals surface area contributed by atoms with Gasteiger partial charge in [-0.1, -0.05) is 17.8 Å². The number of imide groups is 1. The first-order chi connectivity index (χ1) is 14.4. The largest absolute Gasteiger partial charge is 0.453 e. The first-order valence-electron chi connectivity index (χ1n) is 9.25. The van der Waals surface area contributed by atoms with E-state index in [1.807, 2.05) is 18.2 Å². The highest BCUT2D eigenvalue weighted by Gasteiger charge is 2.40. The fourth-order valence-electron chi connectivity index (χ4n) is 3.82. The van der Waals surface area contributed by atoms with Gasteiger partial charge in [-0.2, -0.15) is 14.0 Å². The van der Waals surface area contributed by atoms with Crippen LogP contribution in [0.1, 0.15) is 35.4 Å². The second kappa shape index (κ2) is 8.32. The monoisotopic (exact) mass is 430 g/mol. The van der Waals surface area contributed by atoms with E-state index in [4.69, 9.17) is 10.00 Å². The Kier molecular flexibility index (Phi) is 5.59. The number of thioether (sulfide) groups is 1. The van der Waals surface area contributed by atoms with Crippen LogP contribution < -0.4 is 14.8 Å². The van der Waals surface area contributed by atoms with Crippen LogP contribution in [0.4, 0.5) is 13.6 Å². The maximum absolute atomic E-state index is 12.7. The van der Waals surface area contributed by atoms with Gasteiger partial charge in [0.2, 0.25) is 5.91 Å². The van der Waals surface area contributed by atoms with Gasteiger partial charge in [0.25, 0.3) is 5.24 Å². The number of carbonyl (C=O) groups excluding carboxylic acids is 2. The molecule has 2 aromatic carbocycles. The summed E-state index contributed by atoms with van der Waals surface area (Å²) in [6.07, 6.45) is 2.44. The highest BCUT2D eigenvalue weighted by molar-refractivity contribution is 8.15. The van der Waals surface area contributed by atoms with Gasteiger partial charge in [0, 0.05) is 12.0 Å². The third kappa shape index (κ3) is 4.09. The standard InChI is InChI=1S/C21H16F2N2O4S/c22-20(23)29-17-8-11(10-24)4-7-16(17)28-13-5-6-14-12(9-13)2-1-3-15(14)18-19(26)25-21(27)30-18/h4-9,15,18,20H,1-3H2,(H,25,26,27)/t15-,18?/m1/s1. The Hall–Kier alpha value is -3.12. The molecule has 1 saturated heterocycles. The van der Waals surface area contributed by atoms with Crippen molar-refractivity contribution in [2.45, 2.75) is 37.0 Å². The Morgan fingerprint density at radius 3 is 2.70 bits per heavy atom. The van der Waals surface area contributed by atoms with E-state index in [0.717, 1.165) is 42.2 Å². The summed E-state index contributed by atoms with van der Waals surface area (Å²) in [5.74, 6) is -0.0746. The first kappa shape index (κ1) is 20.2. The third-order valence-corrected chi connectivity index (χ3v) is 6.19. The Morgan fingerprint density at radius 2 is 2.00 bits per heavy atom. The fraction of sp³-hybridized carbons (Fsp3) is 0.286. The second-order valence-electron chi connectivity index (χ2n) is 6.93. The molecule has 1 N–H and O–H groups in total. The molecule has 0 spiro atoms. The third-order valence-electron chi connectivity index (χ3n) is 5.07. The quantitative estimate of drug-likeness (QED) is 0.738. The predicted octanol–water partition coefficient (Wildman–Crippen LogP) is 4.72. The summed E-state index contributed by atoms with van der Waals surface area (Å²) in [6.45, 7) is -3.05. The van der Waals surface area contributed by atoms with Crippen LogP contribution in [-0.2, 0) is 11.2 Å². The predicted molar refractivity (Wildman–Crippen MR) is 105 cm³/mol. The van der Waals surface area contributed by atoms with Crippen molar-refractivity contribution in [1.29, 1.82) is 5.26 Å². The molecule has 4 rings (SSSR count). The molecular formula is C21H16F2N2O4S. The van der Waals surface area contributed by atoms with E-state index in [9.17, 15) is 18.4 Å².